The number of piperidine rings is 1. The molecule has 0 spiro atoms. The Balaban J connectivity index is 2.41. The summed E-state index contributed by atoms with van der Waals surface area (Å²) in [6, 6.07) is 1.04. The third-order valence-corrected chi connectivity index (χ3v) is 3.03. The van der Waals surface area contributed by atoms with Gasteiger partial charge in [-0.3, -0.25) is 4.90 Å². The number of likely N-dealkylation sites (tertiary alicyclic amines) is 1. The Labute approximate surface area is 76.1 Å². The predicted molar refractivity (Wildman–Crippen MR) is 53.1 cm³/mol. The van der Waals surface area contributed by atoms with Gasteiger partial charge < -0.3 is 5.73 Å². The van der Waals surface area contributed by atoms with Crippen molar-refractivity contribution in [2.75, 3.05) is 13.1 Å². The Morgan fingerprint density at radius 2 is 2.17 bits per heavy atom. The van der Waals surface area contributed by atoms with Crippen molar-refractivity contribution in [2.24, 2.45) is 11.7 Å². The quantitative estimate of drug-likeness (QED) is 0.679. The second kappa shape index (κ2) is 4.24. The van der Waals surface area contributed by atoms with Gasteiger partial charge in [-0.05, 0) is 39.2 Å². The first-order valence-corrected chi connectivity index (χ1v) is 5.11. The SMILES string of the molecule is CC(N)CN1CCCC(C)C1C. The Bertz CT molecular complexity index is 134. The van der Waals surface area contributed by atoms with E-state index >= 15 is 0 Å². The maximum atomic E-state index is 5.79. The van der Waals surface area contributed by atoms with Crippen LogP contribution in [0.5, 0.6) is 0 Å². The van der Waals surface area contributed by atoms with E-state index in [1.165, 1.54) is 19.4 Å². The van der Waals surface area contributed by atoms with E-state index in [9.17, 15) is 0 Å². The molecule has 2 nitrogen and oxygen atoms in total. The minimum atomic E-state index is 0.317. The molecule has 1 aliphatic rings. The molecular formula is C10H22N2. The van der Waals surface area contributed by atoms with E-state index in [0.717, 1.165) is 18.5 Å². The highest BCUT2D eigenvalue weighted by atomic mass is 15.2. The molecule has 0 aromatic heterocycles. The van der Waals surface area contributed by atoms with Crippen molar-refractivity contribution in [1.82, 2.24) is 4.90 Å². The zero-order valence-electron chi connectivity index (χ0n) is 8.59. The van der Waals surface area contributed by atoms with Gasteiger partial charge in [-0.2, -0.15) is 0 Å². The molecule has 0 bridgehead atoms. The van der Waals surface area contributed by atoms with Crippen LogP contribution in [0.25, 0.3) is 0 Å². The van der Waals surface area contributed by atoms with E-state index in [1.807, 2.05) is 0 Å². The fourth-order valence-electron chi connectivity index (χ4n) is 2.05. The molecular weight excluding hydrogens is 148 g/mol. The lowest BCUT2D eigenvalue weighted by molar-refractivity contribution is 0.109. The van der Waals surface area contributed by atoms with Gasteiger partial charge in [-0.1, -0.05) is 6.92 Å². The van der Waals surface area contributed by atoms with Crippen molar-refractivity contribution in [3.8, 4) is 0 Å². The van der Waals surface area contributed by atoms with Crippen LogP contribution in [0.3, 0.4) is 0 Å². The van der Waals surface area contributed by atoms with Gasteiger partial charge in [0.05, 0.1) is 0 Å². The van der Waals surface area contributed by atoms with Crippen LogP contribution < -0.4 is 5.73 Å². The Kier molecular flexibility index (Phi) is 3.53. The predicted octanol–water partition coefficient (Wildman–Crippen LogP) is 1.45. The van der Waals surface area contributed by atoms with Crippen LogP contribution in [-0.2, 0) is 0 Å². The van der Waals surface area contributed by atoms with Crippen LogP contribution in [0.1, 0.15) is 33.6 Å². The fraction of sp³-hybridized carbons (Fsp3) is 1.00. The maximum absolute atomic E-state index is 5.79. The molecule has 0 aromatic rings. The van der Waals surface area contributed by atoms with Crippen molar-refractivity contribution >= 4 is 0 Å². The maximum Gasteiger partial charge on any atom is 0.0139 e. The highest BCUT2D eigenvalue weighted by Gasteiger charge is 2.24. The number of hydrogen-bond donors (Lipinski definition) is 1. The van der Waals surface area contributed by atoms with Crippen molar-refractivity contribution in [3.63, 3.8) is 0 Å². The van der Waals surface area contributed by atoms with Gasteiger partial charge in [0.25, 0.3) is 0 Å². The molecule has 2 N–H and O–H groups in total. The molecule has 0 aliphatic carbocycles. The molecule has 12 heavy (non-hydrogen) atoms. The van der Waals surface area contributed by atoms with Crippen molar-refractivity contribution in [3.05, 3.63) is 0 Å². The van der Waals surface area contributed by atoms with Crippen molar-refractivity contribution in [1.29, 1.82) is 0 Å². The third-order valence-electron chi connectivity index (χ3n) is 3.03. The number of nitrogens with zero attached hydrogens (tertiary/aromatic N) is 1. The second-order valence-electron chi connectivity index (χ2n) is 4.33. The lowest BCUT2D eigenvalue weighted by Gasteiger charge is -2.38. The average molecular weight is 170 g/mol. The summed E-state index contributed by atoms with van der Waals surface area (Å²) in [6.07, 6.45) is 2.73. The lowest BCUT2D eigenvalue weighted by Crippen LogP contribution is -2.47. The summed E-state index contributed by atoms with van der Waals surface area (Å²) in [5.41, 5.74) is 5.79. The lowest BCUT2D eigenvalue weighted by atomic mass is 9.92. The minimum Gasteiger partial charge on any atom is -0.327 e. The zero-order valence-corrected chi connectivity index (χ0v) is 8.59. The topological polar surface area (TPSA) is 29.3 Å². The Hall–Kier alpha value is -0.0800. The molecule has 1 rings (SSSR count). The molecule has 2 heteroatoms. The fourth-order valence-corrected chi connectivity index (χ4v) is 2.05. The molecule has 3 atom stereocenters. The Morgan fingerprint density at radius 1 is 1.50 bits per heavy atom. The molecule has 1 saturated heterocycles. The monoisotopic (exact) mass is 170 g/mol. The van der Waals surface area contributed by atoms with Crippen molar-refractivity contribution in [2.45, 2.75) is 45.7 Å². The standard InChI is InChI=1S/C10H22N2/c1-8-5-4-6-12(10(8)3)7-9(2)11/h8-10H,4-7,11H2,1-3H3. The van der Waals surface area contributed by atoms with Crippen LogP contribution >= 0.6 is 0 Å². The van der Waals surface area contributed by atoms with Crippen LogP contribution in [-0.4, -0.2) is 30.1 Å². The third kappa shape index (κ3) is 2.46. The van der Waals surface area contributed by atoms with Crippen LogP contribution in [0.2, 0.25) is 0 Å². The summed E-state index contributed by atoms with van der Waals surface area (Å²) in [4.78, 5) is 2.53. The van der Waals surface area contributed by atoms with E-state index in [-0.39, 0.29) is 0 Å². The highest BCUT2D eigenvalue weighted by molar-refractivity contribution is 4.79. The molecule has 0 amide bonds. The van der Waals surface area contributed by atoms with Gasteiger partial charge in [-0.25, -0.2) is 0 Å². The van der Waals surface area contributed by atoms with Gasteiger partial charge in [-0.15, -0.1) is 0 Å². The van der Waals surface area contributed by atoms with Gasteiger partial charge >= 0.3 is 0 Å². The van der Waals surface area contributed by atoms with Gasteiger partial charge in [0.15, 0.2) is 0 Å². The van der Waals surface area contributed by atoms with E-state index in [2.05, 4.69) is 25.7 Å². The molecule has 0 saturated carbocycles. The summed E-state index contributed by atoms with van der Waals surface area (Å²) < 4.78 is 0. The molecule has 1 aliphatic heterocycles. The summed E-state index contributed by atoms with van der Waals surface area (Å²) >= 11 is 0. The van der Waals surface area contributed by atoms with Gasteiger partial charge in [0.1, 0.15) is 0 Å². The van der Waals surface area contributed by atoms with Crippen LogP contribution in [0, 0.1) is 5.92 Å². The first-order chi connectivity index (χ1) is 5.61. The van der Waals surface area contributed by atoms with Gasteiger partial charge in [0.2, 0.25) is 0 Å². The number of hydrogen-bond acceptors (Lipinski definition) is 2. The summed E-state index contributed by atoms with van der Waals surface area (Å²) in [5, 5.41) is 0. The molecule has 72 valence electrons. The molecule has 1 fully saturated rings. The summed E-state index contributed by atoms with van der Waals surface area (Å²) in [6.45, 7) is 9.06. The first-order valence-electron chi connectivity index (χ1n) is 5.11. The van der Waals surface area contributed by atoms with Crippen molar-refractivity contribution < 1.29 is 0 Å². The van der Waals surface area contributed by atoms with E-state index in [1.54, 1.807) is 0 Å². The molecule has 0 radical (unpaired) electrons. The van der Waals surface area contributed by atoms with Gasteiger partial charge in [0, 0.05) is 18.6 Å². The summed E-state index contributed by atoms with van der Waals surface area (Å²) in [5.74, 6) is 0.845. The second-order valence-corrected chi connectivity index (χ2v) is 4.33. The molecule has 0 aromatic carbocycles. The number of rotatable bonds is 2. The van der Waals surface area contributed by atoms with Crippen LogP contribution in [0.4, 0.5) is 0 Å². The van der Waals surface area contributed by atoms with Crippen LogP contribution in [0.15, 0.2) is 0 Å². The van der Waals surface area contributed by atoms with E-state index in [4.69, 9.17) is 5.73 Å². The largest absolute Gasteiger partial charge is 0.327 e. The average Bonchev–Trinajstić information content (AvgIpc) is 1.98. The smallest absolute Gasteiger partial charge is 0.0139 e. The molecule has 3 unspecified atom stereocenters. The van der Waals surface area contributed by atoms with E-state index in [0.29, 0.717) is 6.04 Å². The molecule has 1 heterocycles. The normalized spacial score (nSPS) is 35.0. The highest BCUT2D eigenvalue weighted by Crippen LogP contribution is 2.22. The van der Waals surface area contributed by atoms with E-state index < -0.39 is 0 Å². The first kappa shape index (κ1) is 10.0. The Morgan fingerprint density at radius 3 is 2.75 bits per heavy atom. The summed E-state index contributed by atoms with van der Waals surface area (Å²) in [7, 11) is 0. The minimum absolute atomic E-state index is 0.317. The zero-order chi connectivity index (χ0) is 9.14. The number of nitrogens with two attached hydrogens (primary N) is 1.